The molecular formula is C10H16N6. The van der Waals surface area contributed by atoms with E-state index in [2.05, 4.69) is 15.4 Å². The van der Waals surface area contributed by atoms with Gasteiger partial charge in [-0.2, -0.15) is 5.10 Å². The molecule has 2 rings (SSSR count). The summed E-state index contributed by atoms with van der Waals surface area (Å²) < 4.78 is 3.48. The number of hydrogen-bond acceptors (Lipinski definition) is 4. The van der Waals surface area contributed by atoms with Gasteiger partial charge in [-0.1, -0.05) is 5.21 Å². The molecule has 0 unspecified atom stereocenters. The fourth-order valence-electron chi connectivity index (χ4n) is 1.52. The Balaban J connectivity index is 2.02. The third-order valence-corrected chi connectivity index (χ3v) is 2.38. The molecule has 0 bridgehead atoms. The van der Waals surface area contributed by atoms with Gasteiger partial charge in [0.15, 0.2) is 0 Å². The van der Waals surface area contributed by atoms with Gasteiger partial charge in [0.25, 0.3) is 0 Å². The highest BCUT2D eigenvalue weighted by atomic mass is 15.4. The summed E-state index contributed by atoms with van der Waals surface area (Å²) >= 11 is 0. The molecule has 0 saturated heterocycles. The van der Waals surface area contributed by atoms with Crippen LogP contribution in [0.3, 0.4) is 0 Å². The third kappa shape index (κ3) is 2.46. The number of rotatable bonds is 5. The molecule has 0 radical (unpaired) electrons. The molecule has 0 aliphatic carbocycles. The Morgan fingerprint density at radius 2 is 2.19 bits per heavy atom. The van der Waals surface area contributed by atoms with Crippen molar-refractivity contribution in [3.8, 4) is 5.69 Å². The monoisotopic (exact) mass is 220 g/mol. The molecule has 86 valence electrons. The molecule has 2 aromatic rings. The SMILES string of the molecule is Cn1cc(-n2cc(CCCCN)nn2)cn1. The van der Waals surface area contributed by atoms with Crippen LogP contribution in [0.1, 0.15) is 18.5 Å². The summed E-state index contributed by atoms with van der Waals surface area (Å²) in [5.41, 5.74) is 7.37. The van der Waals surface area contributed by atoms with E-state index in [-0.39, 0.29) is 0 Å². The second-order valence-corrected chi connectivity index (χ2v) is 3.77. The maximum absolute atomic E-state index is 5.44. The summed E-state index contributed by atoms with van der Waals surface area (Å²) in [5.74, 6) is 0. The van der Waals surface area contributed by atoms with Crippen molar-refractivity contribution in [3.05, 3.63) is 24.3 Å². The first-order valence-corrected chi connectivity index (χ1v) is 5.40. The van der Waals surface area contributed by atoms with Gasteiger partial charge in [-0.25, -0.2) is 4.68 Å². The highest BCUT2D eigenvalue weighted by Crippen LogP contribution is 2.06. The molecule has 0 spiro atoms. The number of nitrogens with two attached hydrogens (primary N) is 1. The Labute approximate surface area is 94.1 Å². The van der Waals surface area contributed by atoms with E-state index in [1.165, 1.54) is 0 Å². The topological polar surface area (TPSA) is 74.5 Å². The molecule has 2 aromatic heterocycles. The van der Waals surface area contributed by atoms with Crippen LogP contribution in [0.5, 0.6) is 0 Å². The van der Waals surface area contributed by atoms with Gasteiger partial charge < -0.3 is 5.73 Å². The van der Waals surface area contributed by atoms with Gasteiger partial charge in [0.1, 0.15) is 5.69 Å². The molecular weight excluding hydrogens is 204 g/mol. The van der Waals surface area contributed by atoms with Crippen LogP contribution in [0.2, 0.25) is 0 Å². The zero-order chi connectivity index (χ0) is 11.4. The van der Waals surface area contributed by atoms with Gasteiger partial charge in [0.2, 0.25) is 0 Å². The number of aromatic nitrogens is 5. The number of nitrogens with zero attached hydrogens (tertiary/aromatic N) is 5. The van der Waals surface area contributed by atoms with Crippen molar-refractivity contribution in [1.82, 2.24) is 24.8 Å². The highest BCUT2D eigenvalue weighted by molar-refractivity contribution is 5.23. The van der Waals surface area contributed by atoms with Crippen molar-refractivity contribution in [2.45, 2.75) is 19.3 Å². The van der Waals surface area contributed by atoms with Crippen LogP contribution in [-0.4, -0.2) is 31.3 Å². The van der Waals surface area contributed by atoms with E-state index in [1.807, 2.05) is 19.4 Å². The summed E-state index contributed by atoms with van der Waals surface area (Å²) in [4.78, 5) is 0. The minimum atomic E-state index is 0.733. The summed E-state index contributed by atoms with van der Waals surface area (Å²) in [6.45, 7) is 0.733. The Kier molecular flexibility index (Phi) is 3.31. The van der Waals surface area contributed by atoms with Crippen molar-refractivity contribution in [3.63, 3.8) is 0 Å². The standard InChI is InChI=1S/C10H16N6/c1-15-8-10(6-12-15)16-7-9(13-14-16)4-2-3-5-11/h6-8H,2-5,11H2,1H3. The van der Waals surface area contributed by atoms with Crippen molar-refractivity contribution in [2.75, 3.05) is 6.54 Å². The molecule has 0 saturated carbocycles. The summed E-state index contributed by atoms with van der Waals surface area (Å²) in [6, 6.07) is 0. The van der Waals surface area contributed by atoms with Gasteiger partial charge in [0.05, 0.1) is 24.3 Å². The van der Waals surface area contributed by atoms with E-state index in [4.69, 9.17) is 5.73 Å². The average Bonchev–Trinajstić information content (AvgIpc) is 2.87. The third-order valence-electron chi connectivity index (χ3n) is 2.38. The molecule has 0 fully saturated rings. The minimum absolute atomic E-state index is 0.733. The van der Waals surface area contributed by atoms with Crippen LogP contribution in [0.25, 0.3) is 5.69 Å². The first-order chi connectivity index (χ1) is 7.79. The average molecular weight is 220 g/mol. The van der Waals surface area contributed by atoms with E-state index in [1.54, 1.807) is 15.6 Å². The number of hydrogen-bond donors (Lipinski definition) is 1. The van der Waals surface area contributed by atoms with Crippen LogP contribution < -0.4 is 5.73 Å². The lowest BCUT2D eigenvalue weighted by Gasteiger charge is -1.93. The van der Waals surface area contributed by atoms with Gasteiger partial charge in [-0.15, -0.1) is 5.10 Å². The molecule has 6 heteroatoms. The van der Waals surface area contributed by atoms with Crippen LogP contribution in [0, 0.1) is 0 Å². The quantitative estimate of drug-likeness (QED) is 0.734. The van der Waals surface area contributed by atoms with E-state index >= 15 is 0 Å². The van der Waals surface area contributed by atoms with Gasteiger partial charge in [-0.3, -0.25) is 4.68 Å². The smallest absolute Gasteiger partial charge is 0.104 e. The second kappa shape index (κ2) is 4.89. The molecule has 6 nitrogen and oxygen atoms in total. The van der Waals surface area contributed by atoms with Gasteiger partial charge >= 0.3 is 0 Å². The Morgan fingerprint density at radius 3 is 2.88 bits per heavy atom. The fraction of sp³-hybridized carbons (Fsp3) is 0.500. The normalized spacial score (nSPS) is 10.9. The summed E-state index contributed by atoms with van der Waals surface area (Å²) in [7, 11) is 1.88. The molecule has 16 heavy (non-hydrogen) atoms. The Bertz CT molecular complexity index is 444. The molecule has 0 aliphatic rings. The summed E-state index contributed by atoms with van der Waals surface area (Å²) in [5, 5.41) is 12.3. The molecule has 2 heterocycles. The Morgan fingerprint density at radius 1 is 1.31 bits per heavy atom. The minimum Gasteiger partial charge on any atom is -0.330 e. The number of aryl methyl sites for hydroxylation is 2. The van der Waals surface area contributed by atoms with Crippen LogP contribution in [-0.2, 0) is 13.5 Å². The zero-order valence-electron chi connectivity index (χ0n) is 9.37. The Hall–Kier alpha value is -1.69. The molecule has 0 amide bonds. The predicted octanol–water partition coefficient (Wildman–Crippen LogP) is 0.282. The first kappa shape index (κ1) is 10.8. The maximum Gasteiger partial charge on any atom is 0.104 e. The van der Waals surface area contributed by atoms with E-state index in [0.717, 1.165) is 37.2 Å². The molecule has 0 aliphatic heterocycles. The largest absolute Gasteiger partial charge is 0.330 e. The zero-order valence-corrected chi connectivity index (χ0v) is 9.37. The van der Waals surface area contributed by atoms with Crippen LogP contribution >= 0.6 is 0 Å². The maximum atomic E-state index is 5.44. The second-order valence-electron chi connectivity index (χ2n) is 3.77. The van der Waals surface area contributed by atoms with Crippen molar-refractivity contribution >= 4 is 0 Å². The highest BCUT2D eigenvalue weighted by Gasteiger charge is 2.03. The summed E-state index contributed by atoms with van der Waals surface area (Å²) in [6.07, 6.45) is 8.61. The van der Waals surface area contributed by atoms with Gasteiger partial charge in [-0.05, 0) is 25.8 Å². The number of unbranched alkanes of at least 4 members (excludes halogenated alkanes) is 1. The van der Waals surface area contributed by atoms with Crippen LogP contribution in [0.15, 0.2) is 18.6 Å². The lowest BCUT2D eigenvalue weighted by molar-refractivity contribution is 0.727. The van der Waals surface area contributed by atoms with Gasteiger partial charge in [0, 0.05) is 7.05 Å². The lowest BCUT2D eigenvalue weighted by Crippen LogP contribution is -1.99. The first-order valence-electron chi connectivity index (χ1n) is 5.40. The van der Waals surface area contributed by atoms with Crippen molar-refractivity contribution in [1.29, 1.82) is 0 Å². The van der Waals surface area contributed by atoms with E-state index < -0.39 is 0 Å². The van der Waals surface area contributed by atoms with E-state index in [9.17, 15) is 0 Å². The molecule has 0 atom stereocenters. The predicted molar refractivity (Wildman–Crippen MR) is 60.1 cm³/mol. The lowest BCUT2D eigenvalue weighted by atomic mass is 10.2. The van der Waals surface area contributed by atoms with Crippen molar-refractivity contribution < 1.29 is 0 Å². The van der Waals surface area contributed by atoms with Crippen LogP contribution in [0.4, 0.5) is 0 Å². The molecule has 0 aromatic carbocycles. The fourth-order valence-corrected chi connectivity index (χ4v) is 1.52. The molecule has 2 N–H and O–H groups in total. The van der Waals surface area contributed by atoms with E-state index in [0.29, 0.717) is 0 Å². The van der Waals surface area contributed by atoms with Crippen molar-refractivity contribution in [2.24, 2.45) is 12.8 Å².